The van der Waals surface area contributed by atoms with Crippen LogP contribution in [0.4, 0.5) is 0 Å². The summed E-state index contributed by atoms with van der Waals surface area (Å²) in [5.41, 5.74) is -0.498. The van der Waals surface area contributed by atoms with Crippen molar-refractivity contribution < 1.29 is 19.1 Å². The van der Waals surface area contributed by atoms with Crippen LogP contribution >= 0.6 is 11.6 Å². The zero-order chi connectivity index (χ0) is 14.9. The van der Waals surface area contributed by atoms with Crippen molar-refractivity contribution in [1.29, 1.82) is 0 Å². The van der Waals surface area contributed by atoms with Gasteiger partial charge in [-0.2, -0.15) is 0 Å². The van der Waals surface area contributed by atoms with Gasteiger partial charge in [-0.15, -0.1) is 0 Å². The average Bonchev–Trinajstić information content (AvgIpc) is 2.46. The quantitative estimate of drug-likeness (QED) is 0.694. The molecule has 0 aliphatic rings. The molecule has 0 aliphatic carbocycles. The molecule has 0 radical (unpaired) electrons. The molecule has 0 saturated heterocycles. The van der Waals surface area contributed by atoms with Crippen LogP contribution in [0.1, 0.15) is 11.7 Å². The highest BCUT2D eigenvalue weighted by molar-refractivity contribution is 6.31. The van der Waals surface area contributed by atoms with Crippen LogP contribution in [-0.2, 0) is 9.53 Å². The number of carbonyl (C=O) groups excluding carboxylic acids is 1. The maximum atomic E-state index is 12.3. The lowest BCUT2D eigenvalue weighted by molar-refractivity contribution is -0.137. The number of fused-ring (bicyclic) bond motifs is 1. The lowest BCUT2D eigenvalue weighted by Gasteiger charge is -2.11. The van der Waals surface area contributed by atoms with E-state index < -0.39 is 17.5 Å². The third-order valence-electron chi connectivity index (χ3n) is 2.83. The number of rotatable bonds is 3. The number of methoxy groups -OCH3 is 1. The highest BCUT2D eigenvalue weighted by atomic mass is 35.5. The van der Waals surface area contributed by atoms with Gasteiger partial charge in [-0.25, -0.2) is 4.79 Å². The summed E-state index contributed by atoms with van der Waals surface area (Å²) in [5.74, 6) is -0.803. The smallest absolute Gasteiger partial charge is 0.336 e. The number of hydrogen-bond acceptors (Lipinski definition) is 5. The fraction of sp³-hybridized carbons (Fsp3) is 0.143. The van der Waals surface area contributed by atoms with Crippen LogP contribution in [0.25, 0.3) is 11.0 Å². The third kappa shape index (κ3) is 2.45. The first-order chi connectivity index (χ1) is 9.45. The van der Waals surface area contributed by atoms with Crippen molar-refractivity contribution in [2.24, 2.45) is 0 Å². The molecule has 0 bridgehead atoms. The van der Waals surface area contributed by atoms with Crippen LogP contribution in [0, 0.1) is 0 Å². The number of ether oxygens (including phenoxy) is 1. The predicted molar refractivity (Wildman–Crippen MR) is 73.6 cm³/mol. The van der Waals surface area contributed by atoms with Gasteiger partial charge >= 0.3 is 5.97 Å². The summed E-state index contributed by atoms with van der Waals surface area (Å²) in [6, 6.07) is 4.56. The summed E-state index contributed by atoms with van der Waals surface area (Å²) < 4.78 is 9.70. The van der Waals surface area contributed by atoms with Gasteiger partial charge in [0.2, 0.25) is 0 Å². The molecule has 0 spiro atoms. The molecule has 0 aliphatic heterocycles. The molecule has 1 aromatic carbocycles. The molecular weight excluding hydrogens is 284 g/mol. The van der Waals surface area contributed by atoms with Crippen LogP contribution in [0.3, 0.4) is 0 Å². The van der Waals surface area contributed by atoms with Crippen LogP contribution < -0.4 is 5.43 Å². The van der Waals surface area contributed by atoms with E-state index in [2.05, 4.69) is 11.3 Å². The molecule has 1 atom stereocenters. The van der Waals surface area contributed by atoms with Crippen molar-refractivity contribution in [2.75, 3.05) is 7.11 Å². The molecule has 5 nitrogen and oxygen atoms in total. The van der Waals surface area contributed by atoms with Crippen molar-refractivity contribution in [2.45, 2.75) is 6.10 Å². The highest BCUT2D eigenvalue weighted by Gasteiger charge is 2.23. The first-order valence-corrected chi connectivity index (χ1v) is 5.99. The Morgan fingerprint density at radius 3 is 2.85 bits per heavy atom. The minimum absolute atomic E-state index is 0.102. The Balaban J connectivity index is 2.56. The summed E-state index contributed by atoms with van der Waals surface area (Å²) in [6.45, 7) is 3.41. The SMILES string of the molecule is C=C(C(=O)OC)C(O)c1coc2ccc(Cl)cc2c1=O. The molecule has 1 N–H and O–H groups in total. The Morgan fingerprint density at radius 1 is 1.50 bits per heavy atom. The Hall–Kier alpha value is -2.11. The Morgan fingerprint density at radius 2 is 2.20 bits per heavy atom. The van der Waals surface area contributed by atoms with Crippen LogP contribution in [0.15, 0.2) is 45.8 Å². The number of benzene rings is 1. The highest BCUT2D eigenvalue weighted by Crippen LogP contribution is 2.22. The molecule has 1 unspecified atom stereocenters. The van der Waals surface area contributed by atoms with Gasteiger partial charge in [0.1, 0.15) is 18.0 Å². The fourth-order valence-corrected chi connectivity index (χ4v) is 1.91. The molecule has 1 aromatic heterocycles. The van der Waals surface area contributed by atoms with E-state index in [9.17, 15) is 14.7 Å². The zero-order valence-electron chi connectivity index (χ0n) is 10.6. The van der Waals surface area contributed by atoms with E-state index in [1.54, 1.807) is 12.1 Å². The largest absolute Gasteiger partial charge is 0.466 e. The summed E-state index contributed by atoms with van der Waals surface area (Å²) in [5, 5.41) is 10.6. The lowest BCUT2D eigenvalue weighted by atomic mass is 10.0. The van der Waals surface area contributed by atoms with E-state index in [1.807, 2.05) is 0 Å². The number of hydrogen-bond donors (Lipinski definition) is 1. The molecule has 0 saturated carbocycles. The second kappa shape index (κ2) is 5.48. The number of aliphatic hydroxyl groups is 1. The second-order valence-electron chi connectivity index (χ2n) is 4.08. The first-order valence-electron chi connectivity index (χ1n) is 5.62. The van der Waals surface area contributed by atoms with Crippen molar-refractivity contribution >= 4 is 28.5 Å². The third-order valence-corrected chi connectivity index (χ3v) is 3.07. The van der Waals surface area contributed by atoms with Crippen LogP contribution in [-0.4, -0.2) is 18.2 Å². The van der Waals surface area contributed by atoms with Crippen LogP contribution in [0.2, 0.25) is 5.02 Å². The van der Waals surface area contributed by atoms with E-state index >= 15 is 0 Å². The van der Waals surface area contributed by atoms with Gasteiger partial charge in [-0.05, 0) is 18.2 Å². The maximum absolute atomic E-state index is 12.3. The van der Waals surface area contributed by atoms with Gasteiger partial charge in [0.15, 0.2) is 5.43 Å². The summed E-state index contributed by atoms with van der Waals surface area (Å²) in [6.07, 6.45) is -0.403. The molecule has 104 valence electrons. The Labute approximate surface area is 119 Å². The van der Waals surface area contributed by atoms with E-state index in [1.165, 1.54) is 6.07 Å². The first kappa shape index (κ1) is 14.3. The van der Waals surface area contributed by atoms with Gasteiger partial charge in [-0.3, -0.25) is 4.79 Å². The van der Waals surface area contributed by atoms with E-state index in [4.69, 9.17) is 16.0 Å². The van der Waals surface area contributed by atoms with E-state index in [-0.39, 0.29) is 16.5 Å². The number of carbonyl (C=O) groups is 1. The zero-order valence-corrected chi connectivity index (χ0v) is 11.3. The van der Waals surface area contributed by atoms with Crippen molar-refractivity contribution in [1.82, 2.24) is 0 Å². The molecule has 20 heavy (non-hydrogen) atoms. The summed E-state index contributed by atoms with van der Waals surface area (Å²) in [4.78, 5) is 23.6. The normalized spacial score (nSPS) is 12.2. The van der Waals surface area contributed by atoms with E-state index in [0.29, 0.717) is 10.6 Å². The van der Waals surface area contributed by atoms with Crippen molar-refractivity contribution in [3.8, 4) is 0 Å². The second-order valence-corrected chi connectivity index (χ2v) is 4.52. The standard InChI is InChI=1S/C14H11ClO5/c1-7(14(18)19-2)12(16)10-6-20-11-4-3-8(15)5-9(11)13(10)17/h3-6,12,16H,1H2,2H3. The Kier molecular flexibility index (Phi) is 3.92. The molecule has 1 heterocycles. The van der Waals surface area contributed by atoms with Gasteiger partial charge in [0.05, 0.1) is 23.6 Å². The molecule has 0 amide bonds. The molecule has 6 heteroatoms. The minimum atomic E-state index is -1.50. The van der Waals surface area contributed by atoms with E-state index in [0.717, 1.165) is 13.4 Å². The fourth-order valence-electron chi connectivity index (χ4n) is 1.74. The number of halogens is 1. The predicted octanol–water partition coefficient (Wildman–Crippen LogP) is 2.21. The van der Waals surface area contributed by atoms with Gasteiger partial charge in [-0.1, -0.05) is 18.2 Å². The molecular formula is C14H11ClO5. The van der Waals surface area contributed by atoms with Gasteiger partial charge < -0.3 is 14.3 Å². The molecule has 2 rings (SSSR count). The number of esters is 1. The maximum Gasteiger partial charge on any atom is 0.336 e. The van der Waals surface area contributed by atoms with Crippen molar-refractivity contribution in [3.05, 3.63) is 57.4 Å². The van der Waals surface area contributed by atoms with Crippen molar-refractivity contribution in [3.63, 3.8) is 0 Å². The topological polar surface area (TPSA) is 76.7 Å². The van der Waals surface area contributed by atoms with Crippen LogP contribution in [0.5, 0.6) is 0 Å². The average molecular weight is 295 g/mol. The summed E-state index contributed by atoms with van der Waals surface area (Å²) >= 11 is 5.82. The minimum Gasteiger partial charge on any atom is -0.466 e. The lowest BCUT2D eigenvalue weighted by Crippen LogP contribution is -2.19. The van der Waals surface area contributed by atoms with Gasteiger partial charge in [0.25, 0.3) is 0 Å². The van der Waals surface area contributed by atoms with Gasteiger partial charge in [0, 0.05) is 5.02 Å². The molecule has 0 fully saturated rings. The summed E-state index contributed by atoms with van der Waals surface area (Å²) in [7, 11) is 1.16. The Bertz CT molecular complexity index is 747. The monoisotopic (exact) mass is 294 g/mol. The molecule has 2 aromatic rings. The number of aliphatic hydroxyl groups excluding tert-OH is 1.